The van der Waals surface area contributed by atoms with Crippen molar-refractivity contribution in [2.75, 3.05) is 13.6 Å². The van der Waals surface area contributed by atoms with E-state index in [1.54, 1.807) is 6.20 Å². The largest absolute Gasteiger partial charge is 0.309 e. The first-order valence-corrected chi connectivity index (χ1v) is 4.41. The molecule has 1 N–H and O–H groups in total. The number of rotatable bonds is 2. The Morgan fingerprint density at radius 3 is 2.92 bits per heavy atom. The van der Waals surface area contributed by atoms with Crippen LogP contribution in [-0.2, 0) is 0 Å². The Morgan fingerprint density at radius 1 is 1.62 bits per heavy atom. The van der Waals surface area contributed by atoms with Gasteiger partial charge in [0.15, 0.2) is 0 Å². The Balaban J connectivity index is 2.65. The molecule has 1 heterocycles. The molecular formula is C10H15N3. The minimum atomic E-state index is 0.403. The summed E-state index contributed by atoms with van der Waals surface area (Å²) in [5.74, 6) is 6.01. The SMILES string of the molecule is CNCC#Cc1cnn(C(C)C)c1. The lowest BCUT2D eigenvalue weighted by molar-refractivity contribution is 0.532. The monoisotopic (exact) mass is 177 g/mol. The number of hydrogen-bond donors (Lipinski definition) is 1. The van der Waals surface area contributed by atoms with E-state index in [2.05, 4.69) is 36.1 Å². The van der Waals surface area contributed by atoms with Crippen molar-refractivity contribution in [3.63, 3.8) is 0 Å². The number of nitrogens with zero attached hydrogens (tertiary/aromatic N) is 2. The summed E-state index contributed by atoms with van der Waals surface area (Å²) >= 11 is 0. The summed E-state index contributed by atoms with van der Waals surface area (Å²) in [6.45, 7) is 4.91. The van der Waals surface area contributed by atoms with Crippen LogP contribution in [0.25, 0.3) is 0 Å². The van der Waals surface area contributed by atoms with Crippen LogP contribution in [0.3, 0.4) is 0 Å². The summed E-state index contributed by atoms with van der Waals surface area (Å²) in [4.78, 5) is 0. The van der Waals surface area contributed by atoms with E-state index in [-0.39, 0.29) is 0 Å². The van der Waals surface area contributed by atoms with Crippen molar-refractivity contribution in [2.45, 2.75) is 19.9 Å². The zero-order valence-corrected chi connectivity index (χ0v) is 8.33. The van der Waals surface area contributed by atoms with E-state index in [9.17, 15) is 0 Å². The second kappa shape index (κ2) is 4.68. The van der Waals surface area contributed by atoms with Gasteiger partial charge in [0.2, 0.25) is 0 Å². The van der Waals surface area contributed by atoms with Crippen molar-refractivity contribution in [2.24, 2.45) is 0 Å². The van der Waals surface area contributed by atoms with Crippen LogP contribution in [-0.4, -0.2) is 23.4 Å². The van der Waals surface area contributed by atoms with E-state index >= 15 is 0 Å². The molecule has 70 valence electrons. The first-order valence-electron chi connectivity index (χ1n) is 4.41. The first-order chi connectivity index (χ1) is 6.24. The van der Waals surface area contributed by atoms with E-state index < -0.39 is 0 Å². The maximum Gasteiger partial charge on any atom is 0.0646 e. The van der Waals surface area contributed by atoms with Gasteiger partial charge in [0.25, 0.3) is 0 Å². The summed E-state index contributed by atoms with van der Waals surface area (Å²) in [6, 6.07) is 0.403. The molecule has 0 radical (unpaired) electrons. The third-order valence-electron chi connectivity index (χ3n) is 1.63. The number of nitrogens with one attached hydrogen (secondary N) is 1. The minimum absolute atomic E-state index is 0.403. The van der Waals surface area contributed by atoms with E-state index in [0.717, 1.165) is 5.56 Å². The van der Waals surface area contributed by atoms with Crippen LogP contribution in [0.15, 0.2) is 12.4 Å². The van der Waals surface area contributed by atoms with Crippen LogP contribution in [0.4, 0.5) is 0 Å². The van der Waals surface area contributed by atoms with Crippen molar-refractivity contribution in [3.8, 4) is 11.8 Å². The number of hydrogen-bond acceptors (Lipinski definition) is 2. The molecule has 3 nitrogen and oxygen atoms in total. The zero-order valence-electron chi connectivity index (χ0n) is 8.33. The van der Waals surface area contributed by atoms with Gasteiger partial charge in [0.1, 0.15) is 0 Å². The fraction of sp³-hybridized carbons (Fsp3) is 0.500. The Kier molecular flexibility index (Phi) is 3.53. The Hall–Kier alpha value is -1.27. The lowest BCUT2D eigenvalue weighted by atomic mass is 10.3. The third kappa shape index (κ3) is 2.92. The molecule has 0 saturated heterocycles. The van der Waals surface area contributed by atoms with Gasteiger partial charge in [-0.1, -0.05) is 11.8 Å². The van der Waals surface area contributed by atoms with Crippen LogP contribution >= 0.6 is 0 Å². The summed E-state index contributed by atoms with van der Waals surface area (Å²) < 4.78 is 1.91. The molecule has 1 rings (SSSR count). The third-order valence-corrected chi connectivity index (χ3v) is 1.63. The highest BCUT2D eigenvalue weighted by atomic mass is 15.3. The van der Waals surface area contributed by atoms with Gasteiger partial charge >= 0.3 is 0 Å². The topological polar surface area (TPSA) is 29.9 Å². The van der Waals surface area contributed by atoms with Gasteiger partial charge in [-0.05, 0) is 20.9 Å². The lowest BCUT2D eigenvalue weighted by Gasteiger charge is -2.02. The average Bonchev–Trinajstić information content (AvgIpc) is 2.53. The molecule has 0 aromatic carbocycles. The van der Waals surface area contributed by atoms with Crippen LogP contribution in [0.5, 0.6) is 0 Å². The molecule has 0 spiro atoms. The fourth-order valence-electron chi connectivity index (χ4n) is 0.920. The second-order valence-corrected chi connectivity index (χ2v) is 3.13. The molecule has 0 unspecified atom stereocenters. The van der Waals surface area contributed by atoms with Crippen LogP contribution in [0, 0.1) is 11.8 Å². The van der Waals surface area contributed by atoms with Gasteiger partial charge in [-0.15, -0.1) is 0 Å². The second-order valence-electron chi connectivity index (χ2n) is 3.13. The van der Waals surface area contributed by atoms with Gasteiger partial charge in [0.05, 0.1) is 18.3 Å². The van der Waals surface area contributed by atoms with Crippen molar-refractivity contribution in [3.05, 3.63) is 18.0 Å². The van der Waals surface area contributed by atoms with Gasteiger partial charge in [0, 0.05) is 12.2 Å². The van der Waals surface area contributed by atoms with Crippen LogP contribution in [0.2, 0.25) is 0 Å². The molecule has 1 aromatic heterocycles. The molecule has 0 fully saturated rings. The maximum absolute atomic E-state index is 4.19. The lowest BCUT2D eigenvalue weighted by Crippen LogP contribution is -2.04. The van der Waals surface area contributed by atoms with Gasteiger partial charge in [-0.25, -0.2) is 0 Å². The smallest absolute Gasteiger partial charge is 0.0646 e. The standard InChI is InChI=1S/C10H15N3/c1-9(2)13-8-10(7-12-13)5-4-6-11-3/h7-9,11H,6H2,1-3H3. The molecule has 1 aromatic rings. The summed E-state index contributed by atoms with van der Waals surface area (Å²) in [6.07, 6.45) is 3.76. The molecule has 13 heavy (non-hydrogen) atoms. The van der Waals surface area contributed by atoms with E-state index in [4.69, 9.17) is 0 Å². The van der Waals surface area contributed by atoms with Crippen molar-refractivity contribution in [1.82, 2.24) is 15.1 Å². The average molecular weight is 177 g/mol. The molecule has 0 saturated carbocycles. The summed E-state index contributed by atoms with van der Waals surface area (Å²) in [7, 11) is 1.88. The number of aromatic nitrogens is 2. The highest BCUT2D eigenvalue weighted by Crippen LogP contribution is 2.03. The van der Waals surface area contributed by atoms with E-state index in [1.165, 1.54) is 0 Å². The predicted molar refractivity (Wildman–Crippen MR) is 53.4 cm³/mol. The van der Waals surface area contributed by atoms with Gasteiger partial charge < -0.3 is 5.32 Å². The molecule has 0 atom stereocenters. The normalized spacial score (nSPS) is 9.85. The molecular weight excluding hydrogens is 162 g/mol. The van der Waals surface area contributed by atoms with E-state index in [0.29, 0.717) is 12.6 Å². The highest BCUT2D eigenvalue weighted by Gasteiger charge is 1.97. The van der Waals surface area contributed by atoms with Gasteiger partial charge in [-0.3, -0.25) is 4.68 Å². The van der Waals surface area contributed by atoms with Crippen molar-refractivity contribution in [1.29, 1.82) is 0 Å². The quantitative estimate of drug-likeness (QED) is 0.684. The maximum atomic E-state index is 4.19. The van der Waals surface area contributed by atoms with Gasteiger partial charge in [-0.2, -0.15) is 5.10 Å². The molecule has 0 aliphatic carbocycles. The van der Waals surface area contributed by atoms with Crippen molar-refractivity contribution < 1.29 is 0 Å². The molecule has 0 aliphatic rings. The zero-order chi connectivity index (χ0) is 9.68. The summed E-state index contributed by atoms with van der Waals surface area (Å²) in [5.41, 5.74) is 0.976. The first kappa shape index (κ1) is 9.82. The molecule has 3 heteroatoms. The molecule has 0 bridgehead atoms. The van der Waals surface area contributed by atoms with Crippen molar-refractivity contribution >= 4 is 0 Å². The molecule has 0 amide bonds. The van der Waals surface area contributed by atoms with Crippen LogP contribution in [0.1, 0.15) is 25.5 Å². The summed E-state index contributed by atoms with van der Waals surface area (Å²) in [5, 5.41) is 7.15. The fourth-order valence-corrected chi connectivity index (χ4v) is 0.920. The Bertz CT molecular complexity index is 314. The Morgan fingerprint density at radius 2 is 2.38 bits per heavy atom. The van der Waals surface area contributed by atoms with Crippen LogP contribution < -0.4 is 5.32 Å². The Labute approximate surface area is 79.1 Å². The predicted octanol–water partition coefficient (Wildman–Crippen LogP) is 1.03. The minimum Gasteiger partial charge on any atom is -0.309 e. The highest BCUT2D eigenvalue weighted by molar-refractivity contribution is 5.30. The van der Waals surface area contributed by atoms with E-state index in [1.807, 2.05) is 17.9 Å². The molecule has 0 aliphatic heterocycles.